The van der Waals surface area contributed by atoms with Crippen LogP contribution < -0.4 is 10.6 Å². The molecule has 2 N–H and O–H groups in total. The van der Waals surface area contributed by atoms with Gasteiger partial charge in [-0.05, 0) is 47.2 Å². The largest absolute Gasteiger partial charge is 0.453 e. The monoisotopic (exact) mass is 497 g/mol. The van der Waals surface area contributed by atoms with E-state index in [1.54, 1.807) is 29.2 Å². The van der Waals surface area contributed by atoms with Crippen LogP contribution in [0.15, 0.2) is 54.5 Å². The Morgan fingerprint density at radius 1 is 1.31 bits per heavy atom. The van der Waals surface area contributed by atoms with Crippen molar-refractivity contribution in [1.82, 2.24) is 35.7 Å². The van der Waals surface area contributed by atoms with E-state index in [9.17, 15) is 14.4 Å². The smallest absolute Gasteiger partial charge is 0.411 e. The number of allylic oxidation sites excluding steroid dienone is 3. The molecule has 35 heavy (non-hydrogen) atoms. The Balaban J connectivity index is 1.31. The van der Waals surface area contributed by atoms with E-state index in [2.05, 4.69) is 30.9 Å². The highest BCUT2D eigenvalue weighted by molar-refractivity contribution is 6.30. The number of hydrogen-bond acceptors (Lipinski definition) is 7. The quantitative estimate of drug-likeness (QED) is 0.581. The Morgan fingerprint density at radius 3 is 2.94 bits per heavy atom. The van der Waals surface area contributed by atoms with Gasteiger partial charge in [0.15, 0.2) is 0 Å². The number of nitrogens with one attached hydrogen (secondary N) is 2. The van der Waals surface area contributed by atoms with E-state index in [4.69, 9.17) is 11.6 Å². The molecule has 182 valence electrons. The predicted molar refractivity (Wildman–Crippen MR) is 127 cm³/mol. The number of carbonyl (C=O) groups excluding carboxylic acids is 3. The van der Waals surface area contributed by atoms with Gasteiger partial charge in [-0.15, -0.1) is 5.10 Å². The fourth-order valence-corrected chi connectivity index (χ4v) is 4.34. The molecular weight excluding hydrogens is 474 g/mol. The van der Waals surface area contributed by atoms with Crippen molar-refractivity contribution in [3.8, 4) is 5.69 Å². The van der Waals surface area contributed by atoms with E-state index < -0.39 is 12.0 Å². The third-order valence-electron chi connectivity index (χ3n) is 5.89. The van der Waals surface area contributed by atoms with Crippen molar-refractivity contribution >= 4 is 35.6 Å². The molecule has 11 nitrogen and oxygen atoms in total. The number of halogens is 1. The first-order valence-electron chi connectivity index (χ1n) is 10.9. The zero-order chi connectivity index (χ0) is 24.8. The normalized spacial score (nSPS) is 19.1. The predicted octanol–water partition coefficient (Wildman–Crippen LogP) is 1.72. The number of ether oxygens (including phenoxy) is 1. The summed E-state index contributed by atoms with van der Waals surface area (Å²) in [7, 11) is 1.32. The maximum Gasteiger partial charge on any atom is 0.411 e. The van der Waals surface area contributed by atoms with E-state index in [1.807, 2.05) is 18.2 Å². The van der Waals surface area contributed by atoms with Gasteiger partial charge in [-0.2, -0.15) is 4.68 Å². The summed E-state index contributed by atoms with van der Waals surface area (Å²) < 4.78 is 6.14. The van der Waals surface area contributed by atoms with Gasteiger partial charge in [-0.1, -0.05) is 23.8 Å². The number of benzene rings is 1. The van der Waals surface area contributed by atoms with Gasteiger partial charge in [-0.3, -0.25) is 14.9 Å². The van der Waals surface area contributed by atoms with E-state index in [0.29, 0.717) is 35.8 Å². The van der Waals surface area contributed by atoms with Crippen LogP contribution in [0.5, 0.6) is 0 Å². The van der Waals surface area contributed by atoms with Crippen LogP contribution in [0, 0.1) is 11.8 Å². The van der Waals surface area contributed by atoms with Crippen molar-refractivity contribution in [2.24, 2.45) is 11.8 Å². The van der Waals surface area contributed by atoms with Crippen LogP contribution in [-0.2, 0) is 14.3 Å². The molecule has 12 heteroatoms. The number of rotatable bonds is 6. The number of piperidine rings is 1. The number of alkyl carbamates (subject to hydrolysis) is 1. The lowest BCUT2D eigenvalue weighted by Gasteiger charge is -2.39. The molecule has 2 aliphatic rings. The molecule has 1 aromatic carbocycles. The van der Waals surface area contributed by atoms with Gasteiger partial charge in [0.05, 0.1) is 19.3 Å². The SMILES string of the molecule is COC(=O)NC1=CC=CC2CN(C(=O)CNC(=O)/C=C/c3cc(Cl)ccc3-n3cnnn3)CCC12. The molecule has 2 aromatic rings. The molecule has 1 fully saturated rings. The summed E-state index contributed by atoms with van der Waals surface area (Å²) in [5, 5.41) is 17.0. The van der Waals surface area contributed by atoms with Crippen molar-refractivity contribution < 1.29 is 19.1 Å². The highest BCUT2D eigenvalue weighted by Gasteiger charge is 2.34. The number of methoxy groups -OCH3 is 1. The Labute approximate surface area is 206 Å². The molecule has 4 rings (SSSR count). The molecule has 0 saturated carbocycles. The summed E-state index contributed by atoms with van der Waals surface area (Å²) in [6.45, 7) is 0.907. The Bertz CT molecular complexity index is 1190. The first-order chi connectivity index (χ1) is 16.9. The highest BCUT2D eigenvalue weighted by atomic mass is 35.5. The van der Waals surface area contributed by atoms with E-state index in [-0.39, 0.29) is 24.3 Å². The highest BCUT2D eigenvalue weighted by Crippen LogP contribution is 2.32. The number of aromatic nitrogens is 4. The number of fused-ring (bicyclic) bond motifs is 1. The fraction of sp³-hybridized carbons (Fsp3) is 0.304. The molecule has 0 spiro atoms. The van der Waals surface area contributed by atoms with Gasteiger partial charge in [0.1, 0.15) is 6.33 Å². The van der Waals surface area contributed by atoms with Crippen molar-refractivity contribution in [2.75, 3.05) is 26.7 Å². The van der Waals surface area contributed by atoms with Crippen LogP contribution >= 0.6 is 11.6 Å². The number of amides is 3. The van der Waals surface area contributed by atoms with Gasteiger partial charge in [0.25, 0.3) is 0 Å². The first-order valence-corrected chi connectivity index (χ1v) is 11.3. The third-order valence-corrected chi connectivity index (χ3v) is 6.12. The van der Waals surface area contributed by atoms with Gasteiger partial charge in [-0.25, -0.2) is 4.79 Å². The fourth-order valence-electron chi connectivity index (χ4n) is 4.16. The zero-order valence-corrected chi connectivity index (χ0v) is 19.7. The minimum Gasteiger partial charge on any atom is -0.453 e. The number of tetrazole rings is 1. The molecule has 2 unspecified atom stereocenters. The maximum atomic E-state index is 12.7. The lowest BCUT2D eigenvalue weighted by Crippen LogP contribution is -2.48. The van der Waals surface area contributed by atoms with E-state index in [0.717, 1.165) is 5.70 Å². The molecule has 0 radical (unpaired) electrons. The Kier molecular flexibility index (Phi) is 7.56. The molecule has 2 atom stereocenters. The average molecular weight is 498 g/mol. The topological polar surface area (TPSA) is 131 Å². The minimum absolute atomic E-state index is 0.0768. The molecule has 1 aromatic heterocycles. The minimum atomic E-state index is -0.512. The molecule has 2 heterocycles. The average Bonchev–Trinajstić information content (AvgIpc) is 3.40. The molecule has 1 aliphatic carbocycles. The lowest BCUT2D eigenvalue weighted by atomic mass is 9.80. The van der Waals surface area contributed by atoms with Crippen LogP contribution in [0.25, 0.3) is 11.8 Å². The summed E-state index contributed by atoms with van der Waals surface area (Å²) in [5.41, 5.74) is 2.08. The Hall–Kier alpha value is -3.99. The molecule has 1 aliphatic heterocycles. The summed E-state index contributed by atoms with van der Waals surface area (Å²) in [5.74, 6) is -0.408. The zero-order valence-electron chi connectivity index (χ0n) is 18.9. The van der Waals surface area contributed by atoms with Crippen LogP contribution in [-0.4, -0.2) is 69.8 Å². The van der Waals surface area contributed by atoms with E-state index >= 15 is 0 Å². The number of likely N-dealkylation sites (tertiary alicyclic amines) is 1. The maximum absolute atomic E-state index is 12.7. The second-order valence-electron chi connectivity index (χ2n) is 8.03. The van der Waals surface area contributed by atoms with Crippen molar-refractivity contribution in [3.63, 3.8) is 0 Å². The summed E-state index contributed by atoms with van der Waals surface area (Å²) >= 11 is 6.09. The van der Waals surface area contributed by atoms with E-state index in [1.165, 1.54) is 24.2 Å². The molecule has 0 bridgehead atoms. The van der Waals surface area contributed by atoms with Crippen molar-refractivity contribution in [3.05, 3.63) is 65.1 Å². The van der Waals surface area contributed by atoms with Crippen molar-refractivity contribution in [2.45, 2.75) is 6.42 Å². The second kappa shape index (κ2) is 11.0. The second-order valence-corrected chi connectivity index (χ2v) is 8.47. The van der Waals surface area contributed by atoms with Gasteiger partial charge < -0.3 is 15.0 Å². The summed E-state index contributed by atoms with van der Waals surface area (Å²) in [4.78, 5) is 38.4. The summed E-state index contributed by atoms with van der Waals surface area (Å²) in [6.07, 6.45) is 10.3. The molecule has 3 amide bonds. The number of carbonyl (C=O) groups is 3. The lowest BCUT2D eigenvalue weighted by molar-refractivity contribution is -0.133. The van der Waals surface area contributed by atoms with Gasteiger partial charge >= 0.3 is 6.09 Å². The third kappa shape index (κ3) is 5.93. The number of nitrogens with zero attached hydrogens (tertiary/aromatic N) is 5. The molecular formula is C23H24ClN7O4. The van der Waals surface area contributed by atoms with Crippen LogP contribution in [0.2, 0.25) is 5.02 Å². The van der Waals surface area contributed by atoms with Gasteiger partial charge in [0, 0.05) is 47.3 Å². The summed E-state index contributed by atoms with van der Waals surface area (Å²) in [6, 6.07) is 5.13. The standard InChI is InChI=1S/C23H24ClN7O4/c1-35-23(34)27-19-4-2-3-16-13-30(10-9-18(16)19)22(33)12-25-21(32)8-5-15-11-17(24)6-7-20(15)31-14-26-28-29-31/h2-8,11,14,16,18H,9-10,12-13H2,1H3,(H,25,32)(H,27,34)/b8-5+. The molecule has 1 saturated heterocycles. The van der Waals surface area contributed by atoms with Crippen LogP contribution in [0.3, 0.4) is 0 Å². The van der Waals surface area contributed by atoms with Crippen LogP contribution in [0.4, 0.5) is 4.79 Å². The number of hydrogen-bond donors (Lipinski definition) is 2. The Morgan fingerprint density at radius 2 is 2.17 bits per heavy atom. The first kappa shape index (κ1) is 24.1. The van der Waals surface area contributed by atoms with Crippen LogP contribution in [0.1, 0.15) is 12.0 Å². The van der Waals surface area contributed by atoms with Gasteiger partial charge in [0.2, 0.25) is 11.8 Å². The van der Waals surface area contributed by atoms with Crippen molar-refractivity contribution in [1.29, 1.82) is 0 Å².